The Bertz CT molecular complexity index is 5010. The molecule has 6 N–H and O–H groups in total. The van der Waals surface area contributed by atoms with E-state index in [9.17, 15) is 49.2 Å². The van der Waals surface area contributed by atoms with Crippen molar-refractivity contribution in [2.45, 2.75) is 73.3 Å². The van der Waals surface area contributed by atoms with E-state index in [0.717, 1.165) is 38.1 Å². The van der Waals surface area contributed by atoms with Crippen LogP contribution >= 0.6 is 11.6 Å². The van der Waals surface area contributed by atoms with Crippen molar-refractivity contribution in [3.63, 3.8) is 0 Å². The van der Waals surface area contributed by atoms with Crippen LogP contribution in [0.2, 0.25) is 0 Å². The van der Waals surface area contributed by atoms with Gasteiger partial charge >= 0.3 is 46.6 Å². The summed E-state index contributed by atoms with van der Waals surface area (Å²) in [4.78, 5) is 92.1. The van der Waals surface area contributed by atoms with Gasteiger partial charge in [-0.3, -0.25) is 42.6 Å². The molecule has 0 aliphatic heterocycles. The molecule has 25 heteroatoms. The van der Waals surface area contributed by atoms with Gasteiger partial charge in [-0.25, -0.2) is 29.3 Å². The van der Waals surface area contributed by atoms with Crippen molar-refractivity contribution in [3.8, 4) is 28.7 Å². The molecule has 0 bridgehead atoms. The number of imidazole rings is 3. The van der Waals surface area contributed by atoms with Gasteiger partial charge in [0, 0.05) is 27.0 Å². The Labute approximate surface area is 542 Å². The van der Waals surface area contributed by atoms with Crippen LogP contribution in [-0.2, 0) is 59.8 Å². The Kier molecular flexibility index (Phi) is 20.9. The summed E-state index contributed by atoms with van der Waals surface area (Å²) in [5.41, 5.74) is 9.96. The molecule has 90 heavy (non-hydrogen) atoms. The largest absolute Gasteiger partial charge is 1.00 e. The van der Waals surface area contributed by atoms with Gasteiger partial charge in [-0.05, 0) is 126 Å². The van der Waals surface area contributed by atoms with Crippen molar-refractivity contribution < 1.29 is 56.1 Å². The minimum absolute atomic E-state index is 0. The molecular weight excluding hydrogens is 1180 g/mol. The van der Waals surface area contributed by atoms with E-state index in [4.69, 9.17) is 16.3 Å². The fraction of sp³-hybridized carbons (Fsp3) is 0.215. The van der Waals surface area contributed by atoms with Crippen molar-refractivity contribution in [1.82, 2.24) is 56.9 Å². The normalized spacial score (nSPS) is 10.9. The molecule has 0 unspecified atom stereocenters. The molecule has 0 aliphatic carbocycles. The zero-order chi connectivity index (χ0) is 64.0. The van der Waals surface area contributed by atoms with Gasteiger partial charge in [-0.2, -0.15) is 0 Å². The fourth-order valence-electron chi connectivity index (χ4n) is 9.77. The number of alkyl halides is 1. The molecule has 23 nitrogen and oxygen atoms in total. The Morgan fingerprint density at radius 2 is 0.878 bits per heavy atom. The zero-order valence-corrected chi connectivity index (χ0v) is 53.8. The van der Waals surface area contributed by atoms with Crippen molar-refractivity contribution in [3.05, 3.63) is 264 Å². The fourth-order valence-corrected chi connectivity index (χ4v) is 9.93. The third kappa shape index (κ3) is 14.8. The van der Waals surface area contributed by atoms with Crippen LogP contribution < -0.4 is 68.0 Å². The summed E-state index contributed by atoms with van der Waals surface area (Å²) >= 11 is 5.65. The summed E-state index contributed by atoms with van der Waals surface area (Å²) < 4.78 is 16.0. The van der Waals surface area contributed by atoms with Gasteiger partial charge in [0.1, 0.15) is 12.4 Å². The smallest absolute Gasteiger partial charge is 1.00 e. The van der Waals surface area contributed by atoms with Crippen LogP contribution in [0, 0.1) is 34.6 Å². The molecule has 0 atom stereocenters. The van der Waals surface area contributed by atoms with E-state index < -0.39 is 22.5 Å². The zero-order valence-electron chi connectivity index (χ0n) is 52.0. The molecule has 0 aliphatic rings. The number of phenolic OH excluding ortho intramolecular Hbond substituents is 4. The number of nitrogens with zero attached hydrogens (tertiary/aromatic N) is 10. The van der Waals surface area contributed by atoms with Crippen molar-refractivity contribution in [2.75, 3.05) is 0 Å². The average Bonchev–Trinajstić information content (AvgIpc) is 1.76. The molecule has 0 fully saturated rings. The topological polar surface area (TPSA) is 297 Å². The second-order valence-corrected chi connectivity index (χ2v) is 21.8. The molecule has 0 radical (unpaired) electrons. The molecule has 6 heterocycles. The summed E-state index contributed by atoms with van der Waals surface area (Å²) in [7, 11) is 5.09. The number of hydrogen-bond donors (Lipinski definition) is 6. The second-order valence-electron chi connectivity index (χ2n) is 21.5. The Balaban J connectivity index is 0.000000193. The Morgan fingerprint density at radius 3 is 1.37 bits per heavy atom. The van der Waals surface area contributed by atoms with E-state index in [0.29, 0.717) is 45.9 Å². The number of fused-ring (bicyclic) bond motifs is 3. The van der Waals surface area contributed by atoms with E-state index in [1.54, 1.807) is 47.2 Å². The van der Waals surface area contributed by atoms with Crippen molar-refractivity contribution >= 4 is 45.1 Å². The van der Waals surface area contributed by atoms with Gasteiger partial charge < -0.3 is 40.3 Å². The quantitative estimate of drug-likeness (QED) is 0.0561. The van der Waals surface area contributed by atoms with Crippen molar-refractivity contribution in [1.29, 1.82) is 0 Å². The third-order valence-corrected chi connectivity index (χ3v) is 15.3. The number of halogens is 1. The number of rotatable bonds is 12. The first-order chi connectivity index (χ1) is 42.5. The second kappa shape index (κ2) is 28.5. The van der Waals surface area contributed by atoms with Gasteiger partial charge in [-0.15, -0.1) is 11.6 Å². The maximum atomic E-state index is 13.7. The average molecular weight is 1250 g/mol. The number of H-pyrrole nitrogens is 2. The first-order valence-electron chi connectivity index (χ1n) is 27.9. The maximum absolute atomic E-state index is 13.7. The van der Waals surface area contributed by atoms with Gasteiger partial charge in [0.2, 0.25) is 0 Å². The predicted molar refractivity (Wildman–Crippen MR) is 341 cm³/mol. The van der Waals surface area contributed by atoms with Crippen LogP contribution in [0.15, 0.2) is 169 Å². The number of aryl methyl sites for hydroxylation is 8. The number of hydrogen-bond acceptors (Lipinski definition) is 14. The summed E-state index contributed by atoms with van der Waals surface area (Å²) in [6, 6.07) is 36.4. The van der Waals surface area contributed by atoms with Gasteiger partial charge in [0.05, 0.1) is 45.2 Å². The predicted octanol–water partition coefficient (Wildman–Crippen LogP) is 4.42. The number of phenols is 4. The van der Waals surface area contributed by atoms with E-state index in [1.165, 1.54) is 78.9 Å². The standard InChI is InChI=1S/C30H30N4O3.C20H18N4O6.C9H11Cl.C6H6N4O2.Na.H/c1-20-10-12-24(14-22(20)3)17-34-29(35)27-28(31-19-32(27)4)33(30(34)36)16-25-13-11-21(2)26(15-25)37-18-23-8-6-5-7-9-23;1-22-10-21-18-17(22)19(29)24(9-12-3-5-14(26)16(28)7-12)20(30)23(18)8-11-2-4-13(25)15(27)6-11;1-7-3-4-9(6-10)5-8(7)2;1-10-2-7-4-3(10)5(11)9-6(12)8-4;;/h5-15,19H,16-18H2,1-4H3;2-7,10,25-28H,8-9H2,1H3;3-5H,6H2,1-2H3;2H,1H3,(H2,8,9,11,12);;/q;;;;+1;-1. The van der Waals surface area contributed by atoms with E-state index >= 15 is 0 Å². The number of ether oxygens (including phenoxy) is 1. The molecule has 0 amide bonds. The van der Waals surface area contributed by atoms with Gasteiger partial charge in [0.15, 0.2) is 56.5 Å². The van der Waals surface area contributed by atoms with Gasteiger partial charge in [0.25, 0.3) is 16.7 Å². The van der Waals surface area contributed by atoms with Crippen LogP contribution in [0.4, 0.5) is 0 Å². The SMILES string of the molecule is Cc1ccc(CCl)cc1C.Cc1ccc(Cn2c(=O)c3c(ncn3C)n(Cc3ccc(C)c(OCc4ccccc4)c3)c2=O)cc1C.Cn1cnc2[nH]c(=O)[nH]c(=O)c21.Cn1cnc2c1c(=O)n(Cc1ccc(O)c(O)c1)c(=O)n2Cc1ccc(O)c(O)c1.[H-].[Na+]. The van der Waals surface area contributed by atoms with Crippen LogP contribution in [0.25, 0.3) is 33.5 Å². The van der Waals surface area contributed by atoms with Crippen molar-refractivity contribution in [2.24, 2.45) is 21.1 Å². The molecule has 6 aromatic heterocycles. The number of aromatic amines is 2. The summed E-state index contributed by atoms with van der Waals surface area (Å²) in [6.45, 7) is 11.1. The Morgan fingerprint density at radius 1 is 0.456 bits per heavy atom. The number of nitrogens with one attached hydrogen (secondary N) is 2. The summed E-state index contributed by atoms with van der Waals surface area (Å²) in [6.07, 6.45) is 4.47. The number of aromatic nitrogens is 12. The van der Waals surface area contributed by atoms with Crippen LogP contribution in [0.5, 0.6) is 28.7 Å². The number of benzene rings is 6. The molecule has 12 rings (SSSR count). The number of aromatic hydroxyl groups is 4. The molecule has 0 saturated carbocycles. The van der Waals surface area contributed by atoms with Crippen LogP contribution in [0.1, 0.15) is 62.6 Å². The molecule has 12 aromatic rings. The first kappa shape index (κ1) is 66.0. The Hall–Kier alpha value is -9.94. The monoisotopic (exact) mass is 1250 g/mol. The third-order valence-electron chi connectivity index (χ3n) is 15.0. The molecule has 460 valence electrons. The maximum Gasteiger partial charge on any atom is 1.00 e. The molecule has 6 aromatic carbocycles. The first-order valence-corrected chi connectivity index (χ1v) is 28.4. The minimum Gasteiger partial charge on any atom is -1.00 e. The van der Waals surface area contributed by atoms with Crippen LogP contribution in [-0.4, -0.2) is 77.3 Å². The van der Waals surface area contributed by atoms with Crippen LogP contribution in [0.3, 0.4) is 0 Å². The molecule has 0 saturated heterocycles. The van der Waals surface area contributed by atoms with E-state index in [1.807, 2.05) is 87.5 Å². The van der Waals surface area contributed by atoms with Gasteiger partial charge in [-0.1, -0.05) is 91.0 Å². The molecular formula is C65H66ClN12NaO11. The van der Waals surface area contributed by atoms with E-state index in [-0.39, 0.29) is 103 Å². The summed E-state index contributed by atoms with van der Waals surface area (Å²) in [5, 5.41) is 38.5. The van der Waals surface area contributed by atoms with E-state index in [2.05, 4.69) is 57.0 Å². The molecule has 0 spiro atoms. The summed E-state index contributed by atoms with van der Waals surface area (Å²) in [5.74, 6) is 0.0907. The minimum atomic E-state index is -0.633.